The van der Waals surface area contributed by atoms with Crippen LogP contribution in [0.15, 0.2) is 70.9 Å². The molecule has 0 saturated heterocycles. The number of nitrogen functional groups attached to an aromatic ring is 1. The summed E-state index contributed by atoms with van der Waals surface area (Å²) in [7, 11) is 0. The van der Waals surface area contributed by atoms with Crippen molar-refractivity contribution in [3.8, 4) is 5.75 Å². The minimum absolute atomic E-state index is 0. The van der Waals surface area contributed by atoms with E-state index in [-0.39, 0.29) is 42.0 Å². The molecule has 0 aromatic heterocycles. The number of para-hydroxylation sites is 1. The zero-order chi connectivity index (χ0) is 18.9. The van der Waals surface area contributed by atoms with Crippen LogP contribution in [-0.4, -0.2) is 18.7 Å². The van der Waals surface area contributed by atoms with Gasteiger partial charge in [0.05, 0.1) is 6.21 Å². The molecule has 0 aliphatic heterocycles. The van der Waals surface area contributed by atoms with Gasteiger partial charge in [0.2, 0.25) is 0 Å². The number of nitrogens with zero attached hydrogens (tertiary/aromatic N) is 2. The summed E-state index contributed by atoms with van der Waals surface area (Å²) >= 11 is 0. The molecular weight excluding hydrogens is 397 g/mol. The predicted molar refractivity (Wildman–Crippen MR) is 99.6 cm³/mol. The molecule has 0 heterocycles. The molecule has 0 aliphatic carbocycles. The SMILES string of the molecule is CC[O-].Nc1ccccc1/C([O-])=N/N=C/c1c([O-])ccc2ccccc12.[O-2].[V]. The van der Waals surface area contributed by atoms with Crippen molar-refractivity contribution in [3.63, 3.8) is 0 Å². The smallest absolute Gasteiger partial charge is 0.0567 e. The molecule has 1 radical (unpaired) electrons. The monoisotopic (exact) mass is 415 g/mol. The van der Waals surface area contributed by atoms with Crippen LogP contribution in [0.4, 0.5) is 5.69 Å². The van der Waals surface area contributed by atoms with Gasteiger partial charge in [0.1, 0.15) is 0 Å². The molecule has 7 nitrogen and oxygen atoms in total. The van der Waals surface area contributed by atoms with Crippen molar-refractivity contribution in [2.24, 2.45) is 10.2 Å². The maximum Gasteiger partial charge on any atom is 0.0567 e. The molecule has 3 aromatic carbocycles. The van der Waals surface area contributed by atoms with E-state index in [9.17, 15) is 10.2 Å². The molecule has 147 valence electrons. The van der Waals surface area contributed by atoms with Crippen LogP contribution in [-0.2, 0) is 24.0 Å². The maximum atomic E-state index is 12.0. The molecule has 0 atom stereocenters. The normalized spacial score (nSPS) is 10.6. The van der Waals surface area contributed by atoms with E-state index >= 15 is 0 Å². The summed E-state index contributed by atoms with van der Waals surface area (Å²) in [5, 5.41) is 42.0. The minimum atomic E-state index is -0.549. The fraction of sp³-hybridized carbons (Fsp3) is 0.100. The van der Waals surface area contributed by atoms with Crippen LogP contribution in [0.1, 0.15) is 18.1 Å². The number of rotatable bonds is 3. The Kier molecular flexibility index (Phi) is 11.3. The Labute approximate surface area is 175 Å². The first-order chi connectivity index (χ1) is 12.6. The molecule has 2 N–H and O–H groups in total. The van der Waals surface area contributed by atoms with Gasteiger partial charge in [0.25, 0.3) is 0 Å². The molecule has 0 unspecified atom stereocenters. The summed E-state index contributed by atoms with van der Waals surface area (Å²) in [6.45, 7) is 1.57. The van der Waals surface area contributed by atoms with Crippen molar-refractivity contribution in [2.45, 2.75) is 6.92 Å². The van der Waals surface area contributed by atoms with E-state index in [4.69, 9.17) is 10.8 Å². The number of anilines is 1. The Bertz CT molecular complexity index is 946. The second-order valence-electron chi connectivity index (χ2n) is 5.22. The molecule has 28 heavy (non-hydrogen) atoms. The van der Waals surface area contributed by atoms with Crippen LogP contribution < -0.4 is 21.1 Å². The van der Waals surface area contributed by atoms with Crippen LogP contribution in [0, 0.1) is 0 Å². The van der Waals surface area contributed by atoms with E-state index in [1.165, 1.54) is 12.3 Å². The number of hydrogen-bond acceptors (Lipinski definition) is 6. The molecule has 3 aromatic rings. The van der Waals surface area contributed by atoms with Gasteiger partial charge in [-0.15, -0.1) is 6.61 Å². The number of hydrogen-bond donors (Lipinski definition) is 1. The van der Waals surface area contributed by atoms with Crippen molar-refractivity contribution < 1.29 is 39.4 Å². The van der Waals surface area contributed by atoms with Crippen LogP contribution in [0.3, 0.4) is 0 Å². The summed E-state index contributed by atoms with van der Waals surface area (Å²) in [6.07, 6.45) is 1.31. The van der Waals surface area contributed by atoms with E-state index < -0.39 is 5.90 Å². The number of nitrogens with two attached hydrogens (primary N) is 1. The van der Waals surface area contributed by atoms with Gasteiger partial charge in [-0.3, -0.25) is 0 Å². The van der Waals surface area contributed by atoms with Crippen LogP contribution in [0.25, 0.3) is 10.8 Å². The van der Waals surface area contributed by atoms with E-state index in [2.05, 4.69) is 10.2 Å². The molecule has 0 saturated carbocycles. The van der Waals surface area contributed by atoms with Gasteiger partial charge in [-0.05, 0) is 22.4 Å². The third-order valence-electron chi connectivity index (χ3n) is 3.46. The van der Waals surface area contributed by atoms with Crippen molar-refractivity contribution in [1.29, 1.82) is 0 Å². The third kappa shape index (κ3) is 6.40. The average Bonchev–Trinajstić information content (AvgIpc) is 2.64. The summed E-state index contributed by atoms with van der Waals surface area (Å²) in [6, 6.07) is 17.3. The van der Waals surface area contributed by atoms with Gasteiger partial charge in [-0.25, -0.2) is 0 Å². The Morgan fingerprint density at radius 3 is 2.32 bits per heavy atom. The first kappa shape index (κ1) is 25.2. The van der Waals surface area contributed by atoms with Crippen LogP contribution >= 0.6 is 0 Å². The Morgan fingerprint density at radius 2 is 1.64 bits per heavy atom. The third-order valence-corrected chi connectivity index (χ3v) is 3.46. The van der Waals surface area contributed by atoms with E-state index in [0.717, 1.165) is 10.8 Å². The predicted octanol–water partition coefficient (Wildman–Crippen LogP) is 0.882. The van der Waals surface area contributed by atoms with E-state index in [1.807, 2.05) is 24.3 Å². The molecule has 0 bridgehead atoms. The van der Waals surface area contributed by atoms with Gasteiger partial charge in [0, 0.05) is 35.7 Å². The van der Waals surface area contributed by atoms with Gasteiger partial charge in [-0.1, -0.05) is 67.3 Å². The van der Waals surface area contributed by atoms with Crippen LogP contribution in [0.2, 0.25) is 0 Å². The minimum Gasteiger partial charge on any atom is -2.00 e. The Morgan fingerprint density at radius 1 is 1.04 bits per heavy atom. The second kappa shape index (κ2) is 12.5. The molecule has 3 rings (SSSR count). The van der Waals surface area contributed by atoms with Crippen molar-refractivity contribution in [2.75, 3.05) is 12.3 Å². The molecule has 0 amide bonds. The van der Waals surface area contributed by atoms with Crippen molar-refractivity contribution in [3.05, 3.63) is 71.8 Å². The van der Waals surface area contributed by atoms with Gasteiger partial charge >= 0.3 is 0 Å². The number of benzene rings is 3. The topological polar surface area (TPSA) is 148 Å². The summed E-state index contributed by atoms with van der Waals surface area (Å²) in [4.78, 5) is 0. The average molecular weight is 415 g/mol. The van der Waals surface area contributed by atoms with Crippen LogP contribution in [0.5, 0.6) is 5.75 Å². The fourth-order valence-corrected chi connectivity index (χ4v) is 2.29. The molecular formula is C20H18N3O4V-5. The van der Waals surface area contributed by atoms with Gasteiger partial charge < -0.3 is 26.5 Å². The largest absolute Gasteiger partial charge is 2.00 e. The summed E-state index contributed by atoms with van der Waals surface area (Å²) in [5.74, 6) is -0.721. The molecule has 0 spiro atoms. The molecule has 0 fully saturated rings. The van der Waals surface area contributed by atoms with Gasteiger partial charge in [-0.2, -0.15) is 10.2 Å². The summed E-state index contributed by atoms with van der Waals surface area (Å²) in [5.41, 5.74) is 6.74. The second-order valence-corrected chi connectivity index (χ2v) is 5.22. The zero-order valence-corrected chi connectivity index (χ0v) is 16.5. The Hall–Kier alpha value is -2.84. The molecule has 8 heteroatoms. The molecule has 0 aliphatic rings. The zero-order valence-electron chi connectivity index (χ0n) is 15.1. The van der Waals surface area contributed by atoms with E-state index in [0.29, 0.717) is 11.3 Å². The first-order valence-corrected chi connectivity index (χ1v) is 7.98. The standard InChI is InChI=1S/C18H15N3O2.C2H5O.O.V/c19-16-8-4-3-7-14(16)18(23)21-20-11-15-13-6-2-1-5-12(13)9-10-17(15)22;1-2-3;;/h1-11,22H,19H2,(H,21,23);2H2,1H3;;/q;-1;-2;/p-2/b20-11+;;;. The Balaban J connectivity index is 0.00000137. The number of fused-ring (bicyclic) bond motifs is 1. The quantitative estimate of drug-likeness (QED) is 0.292. The van der Waals surface area contributed by atoms with Gasteiger partial charge in [0.15, 0.2) is 0 Å². The van der Waals surface area contributed by atoms with Crippen molar-refractivity contribution in [1.82, 2.24) is 0 Å². The fourth-order valence-electron chi connectivity index (χ4n) is 2.29. The first-order valence-electron chi connectivity index (χ1n) is 7.98. The summed E-state index contributed by atoms with van der Waals surface area (Å²) < 4.78 is 0. The van der Waals surface area contributed by atoms with E-state index in [1.54, 1.807) is 37.3 Å². The maximum absolute atomic E-state index is 12.0. The van der Waals surface area contributed by atoms with Crippen molar-refractivity contribution >= 4 is 28.6 Å².